The second-order valence-electron chi connectivity index (χ2n) is 4.00. The van der Waals surface area contributed by atoms with Crippen LogP contribution >= 0.6 is 39.1 Å². The summed E-state index contributed by atoms with van der Waals surface area (Å²) in [6.45, 7) is 1.83. The maximum absolute atomic E-state index is 12.2. The van der Waals surface area contributed by atoms with E-state index in [9.17, 15) is 8.42 Å². The highest BCUT2D eigenvalue weighted by molar-refractivity contribution is 9.10. The number of aromatic nitrogens is 1. The maximum atomic E-state index is 12.2. The summed E-state index contributed by atoms with van der Waals surface area (Å²) in [4.78, 5) is 3.78. The van der Waals surface area contributed by atoms with Crippen molar-refractivity contribution in [3.05, 3.63) is 50.7 Å². The van der Waals surface area contributed by atoms with Gasteiger partial charge in [0.2, 0.25) is 0 Å². The van der Waals surface area contributed by atoms with Crippen molar-refractivity contribution in [2.75, 3.05) is 4.72 Å². The van der Waals surface area contributed by atoms with E-state index in [1.54, 1.807) is 12.1 Å². The molecular weight excluding hydrogens is 387 g/mol. The number of nitrogens with zero attached hydrogens (tertiary/aromatic N) is 1. The fourth-order valence-electron chi connectivity index (χ4n) is 1.48. The molecule has 0 aliphatic rings. The van der Waals surface area contributed by atoms with Crippen molar-refractivity contribution in [1.29, 1.82) is 0 Å². The van der Waals surface area contributed by atoms with Crippen molar-refractivity contribution in [2.45, 2.75) is 11.8 Å². The van der Waals surface area contributed by atoms with Crippen molar-refractivity contribution in [1.82, 2.24) is 4.98 Å². The zero-order valence-electron chi connectivity index (χ0n) is 10.2. The number of halogens is 3. The minimum absolute atomic E-state index is 0.0288. The second-order valence-corrected chi connectivity index (χ2v) is 7.33. The first-order chi connectivity index (χ1) is 9.29. The van der Waals surface area contributed by atoms with Crippen LogP contribution in [0.3, 0.4) is 0 Å². The van der Waals surface area contributed by atoms with E-state index in [2.05, 4.69) is 25.6 Å². The van der Waals surface area contributed by atoms with Crippen LogP contribution < -0.4 is 4.72 Å². The van der Waals surface area contributed by atoms with Gasteiger partial charge in [-0.3, -0.25) is 4.72 Å². The van der Waals surface area contributed by atoms with E-state index >= 15 is 0 Å². The lowest BCUT2D eigenvalue weighted by atomic mass is 10.2. The van der Waals surface area contributed by atoms with Crippen LogP contribution in [0.4, 0.5) is 5.69 Å². The standard InChI is InChI=1S/C12H9BrCl2N2O2S/c1-7-4-9(13)11(6-10(7)14)17-20(18,19)8-2-3-16-12(15)5-8/h2-6,17H,1H3. The molecule has 106 valence electrons. The Hall–Kier alpha value is -0.820. The van der Waals surface area contributed by atoms with Crippen molar-refractivity contribution in [3.8, 4) is 0 Å². The third-order valence-corrected chi connectivity index (χ3v) is 5.13. The molecule has 8 heteroatoms. The van der Waals surface area contributed by atoms with E-state index in [0.29, 0.717) is 15.2 Å². The molecule has 1 heterocycles. The Balaban J connectivity index is 2.41. The number of benzene rings is 1. The summed E-state index contributed by atoms with van der Waals surface area (Å²) >= 11 is 15.0. The van der Waals surface area contributed by atoms with Crippen molar-refractivity contribution in [3.63, 3.8) is 0 Å². The lowest BCUT2D eigenvalue weighted by Gasteiger charge is -2.11. The molecule has 0 saturated carbocycles. The third kappa shape index (κ3) is 3.44. The number of nitrogens with one attached hydrogen (secondary N) is 1. The third-order valence-electron chi connectivity index (χ3n) is 2.50. The number of hydrogen-bond donors (Lipinski definition) is 1. The van der Waals surface area contributed by atoms with Gasteiger partial charge in [0.05, 0.1) is 10.6 Å². The van der Waals surface area contributed by atoms with Gasteiger partial charge in [0, 0.05) is 15.7 Å². The van der Waals surface area contributed by atoms with E-state index in [1.807, 2.05) is 6.92 Å². The molecule has 0 saturated heterocycles. The molecule has 2 aromatic rings. The highest BCUT2D eigenvalue weighted by atomic mass is 79.9. The fraction of sp³-hybridized carbons (Fsp3) is 0.0833. The van der Waals surface area contributed by atoms with E-state index in [1.165, 1.54) is 18.3 Å². The van der Waals surface area contributed by atoms with E-state index in [0.717, 1.165) is 5.56 Å². The molecule has 0 fully saturated rings. The zero-order valence-corrected chi connectivity index (χ0v) is 14.1. The molecule has 1 aromatic heterocycles. The number of aryl methyl sites for hydroxylation is 1. The van der Waals surface area contributed by atoms with Gasteiger partial charge in [-0.05, 0) is 52.7 Å². The molecule has 4 nitrogen and oxygen atoms in total. The summed E-state index contributed by atoms with van der Waals surface area (Å²) in [5, 5.41) is 0.576. The van der Waals surface area contributed by atoms with E-state index in [-0.39, 0.29) is 10.0 Å². The van der Waals surface area contributed by atoms with Crippen LogP contribution in [0, 0.1) is 6.92 Å². The van der Waals surface area contributed by atoms with Gasteiger partial charge in [-0.1, -0.05) is 23.2 Å². The van der Waals surface area contributed by atoms with Crippen LogP contribution in [0.1, 0.15) is 5.56 Å². The van der Waals surface area contributed by atoms with Crippen LogP contribution in [-0.2, 0) is 10.0 Å². The lowest BCUT2D eigenvalue weighted by Crippen LogP contribution is -2.13. The maximum Gasteiger partial charge on any atom is 0.262 e. The molecule has 0 atom stereocenters. The summed E-state index contributed by atoms with van der Waals surface area (Å²) < 4.78 is 27.5. The number of sulfonamides is 1. The molecule has 0 amide bonds. The minimum Gasteiger partial charge on any atom is -0.278 e. The summed E-state index contributed by atoms with van der Waals surface area (Å²) in [5.74, 6) is 0. The first-order valence-electron chi connectivity index (χ1n) is 5.39. The normalized spacial score (nSPS) is 11.4. The van der Waals surface area contributed by atoms with Crippen LogP contribution in [-0.4, -0.2) is 13.4 Å². The van der Waals surface area contributed by atoms with Gasteiger partial charge in [-0.2, -0.15) is 0 Å². The van der Waals surface area contributed by atoms with Crippen LogP contribution in [0.15, 0.2) is 39.8 Å². The first-order valence-corrected chi connectivity index (χ1v) is 8.43. The lowest BCUT2D eigenvalue weighted by molar-refractivity contribution is 0.601. The first kappa shape index (κ1) is 15.6. The Morgan fingerprint density at radius 2 is 1.95 bits per heavy atom. The van der Waals surface area contributed by atoms with Gasteiger partial charge >= 0.3 is 0 Å². The van der Waals surface area contributed by atoms with E-state index in [4.69, 9.17) is 23.2 Å². The van der Waals surface area contributed by atoms with Gasteiger partial charge in [-0.15, -0.1) is 0 Å². The molecular formula is C12H9BrCl2N2O2S. The predicted molar refractivity (Wildman–Crippen MR) is 83.9 cm³/mol. The quantitative estimate of drug-likeness (QED) is 0.789. The summed E-state index contributed by atoms with van der Waals surface area (Å²) in [6, 6.07) is 5.91. The highest BCUT2D eigenvalue weighted by Gasteiger charge is 2.17. The molecule has 1 aromatic carbocycles. The molecule has 0 radical (unpaired) electrons. The Morgan fingerprint density at radius 3 is 2.60 bits per heavy atom. The summed E-state index contributed by atoms with van der Waals surface area (Å²) in [7, 11) is -3.75. The number of anilines is 1. The molecule has 0 unspecified atom stereocenters. The van der Waals surface area contributed by atoms with Crippen LogP contribution in [0.25, 0.3) is 0 Å². The SMILES string of the molecule is Cc1cc(Br)c(NS(=O)(=O)c2ccnc(Cl)c2)cc1Cl. The molecule has 1 N–H and O–H groups in total. The average molecular weight is 396 g/mol. The summed E-state index contributed by atoms with van der Waals surface area (Å²) in [6.07, 6.45) is 1.33. The Bertz CT molecular complexity index is 766. The van der Waals surface area contributed by atoms with Crippen LogP contribution in [0.2, 0.25) is 10.2 Å². The number of rotatable bonds is 3. The molecule has 0 aliphatic carbocycles. The molecule has 20 heavy (non-hydrogen) atoms. The van der Waals surface area contributed by atoms with Gasteiger partial charge < -0.3 is 0 Å². The number of hydrogen-bond acceptors (Lipinski definition) is 3. The second kappa shape index (κ2) is 5.89. The topological polar surface area (TPSA) is 59.1 Å². The highest BCUT2D eigenvalue weighted by Crippen LogP contribution is 2.30. The molecule has 2 rings (SSSR count). The van der Waals surface area contributed by atoms with Gasteiger partial charge in [-0.25, -0.2) is 13.4 Å². The van der Waals surface area contributed by atoms with Gasteiger partial charge in [0.25, 0.3) is 10.0 Å². The van der Waals surface area contributed by atoms with Gasteiger partial charge in [0.1, 0.15) is 5.15 Å². The molecule has 0 spiro atoms. The largest absolute Gasteiger partial charge is 0.278 e. The van der Waals surface area contributed by atoms with Crippen molar-refractivity contribution in [2.24, 2.45) is 0 Å². The van der Waals surface area contributed by atoms with Crippen molar-refractivity contribution < 1.29 is 8.42 Å². The zero-order chi connectivity index (χ0) is 14.9. The number of pyridine rings is 1. The fourth-order valence-corrected chi connectivity index (χ4v) is 3.65. The monoisotopic (exact) mass is 394 g/mol. The Kier molecular flexibility index (Phi) is 4.59. The Labute approximate surface area is 135 Å². The van der Waals surface area contributed by atoms with Crippen LogP contribution in [0.5, 0.6) is 0 Å². The van der Waals surface area contributed by atoms with E-state index < -0.39 is 10.0 Å². The average Bonchev–Trinajstić information content (AvgIpc) is 2.36. The molecule has 0 bridgehead atoms. The van der Waals surface area contributed by atoms with Crippen molar-refractivity contribution >= 4 is 54.8 Å². The predicted octanol–water partition coefficient (Wildman–Crippen LogP) is 4.26. The van der Waals surface area contributed by atoms with Gasteiger partial charge in [0.15, 0.2) is 0 Å². The smallest absolute Gasteiger partial charge is 0.262 e. The Morgan fingerprint density at radius 1 is 1.25 bits per heavy atom. The molecule has 0 aliphatic heterocycles. The minimum atomic E-state index is -3.75. The summed E-state index contributed by atoms with van der Waals surface area (Å²) in [5.41, 5.74) is 1.20.